The fraction of sp³-hybridized carbons (Fsp3) is 0.889. The van der Waals surface area contributed by atoms with E-state index in [2.05, 4.69) is 20.5 Å². The first-order chi connectivity index (χ1) is 12.3. The van der Waals surface area contributed by atoms with E-state index in [0.717, 1.165) is 44.6 Å². The molecular formula is C18H35IN4O3S. The third kappa shape index (κ3) is 6.20. The van der Waals surface area contributed by atoms with Gasteiger partial charge in [0.05, 0.1) is 17.0 Å². The minimum Gasteiger partial charge on any atom is -0.357 e. The van der Waals surface area contributed by atoms with E-state index in [1.807, 2.05) is 20.8 Å². The summed E-state index contributed by atoms with van der Waals surface area (Å²) in [5.74, 6) is 0.939. The van der Waals surface area contributed by atoms with Crippen molar-refractivity contribution in [3.05, 3.63) is 0 Å². The molecule has 1 heterocycles. The van der Waals surface area contributed by atoms with Crippen molar-refractivity contribution >= 4 is 45.7 Å². The number of amides is 1. The second-order valence-corrected chi connectivity index (χ2v) is 10.2. The van der Waals surface area contributed by atoms with Crippen molar-refractivity contribution < 1.29 is 13.2 Å². The number of sulfone groups is 1. The van der Waals surface area contributed by atoms with Crippen molar-refractivity contribution in [3.8, 4) is 0 Å². The van der Waals surface area contributed by atoms with Crippen LogP contribution in [-0.2, 0) is 14.6 Å². The zero-order valence-electron chi connectivity index (χ0n) is 16.8. The third-order valence-corrected chi connectivity index (χ3v) is 7.94. The van der Waals surface area contributed by atoms with Crippen molar-refractivity contribution in [1.29, 1.82) is 0 Å². The van der Waals surface area contributed by atoms with E-state index in [1.54, 1.807) is 0 Å². The van der Waals surface area contributed by atoms with Gasteiger partial charge in [-0.1, -0.05) is 33.1 Å². The summed E-state index contributed by atoms with van der Waals surface area (Å²) in [6.07, 6.45) is 4.62. The minimum absolute atomic E-state index is 0. The normalized spacial score (nSPS) is 21.6. The highest BCUT2D eigenvalue weighted by atomic mass is 127. The lowest BCUT2D eigenvalue weighted by Gasteiger charge is -2.45. The van der Waals surface area contributed by atoms with E-state index in [-0.39, 0.29) is 41.6 Å². The number of guanidine groups is 1. The first-order valence-corrected chi connectivity index (χ1v) is 11.5. The van der Waals surface area contributed by atoms with Gasteiger partial charge >= 0.3 is 0 Å². The number of carbonyl (C=O) groups is 1. The van der Waals surface area contributed by atoms with E-state index in [4.69, 9.17) is 0 Å². The summed E-state index contributed by atoms with van der Waals surface area (Å²) < 4.78 is 24.9. The highest BCUT2D eigenvalue weighted by Crippen LogP contribution is 2.38. The van der Waals surface area contributed by atoms with E-state index >= 15 is 0 Å². The first kappa shape index (κ1) is 24.5. The summed E-state index contributed by atoms with van der Waals surface area (Å²) >= 11 is 0. The van der Waals surface area contributed by atoms with Gasteiger partial charge < -0.3 is 15.5 Å². The van der Waals surface area contributed by atoms with E-state index < -0.39 is 14.6 Å². The molecule has 0 aromatic carbocycles. The minimum atomic E-state index is -3.05. The molecular weight excluding hydrogens is 479 g/mol. The van der Waals surface area contributed by atoms with Gasteiger partial charge in [-0.2, -0.15) is 0 Å². The van der Waals surface area contributed by atoms with Crippen LogP contribution in [-0.4, -0.2) is 68.4 Å². The zero-order chi connectivity index (χ0) is 19.2. The zero-order valence-corrected chi connectivity index (χ0v) is 19.9. The van der Waals surface area contributed by atoms with Gasteiger partial charge in [0.15, 0.2) is 15.8 Å². The Hall–Kier alpha value is -0.580. The van der Waals surface area contributed by atoms with Crippen LogP contribution >= 0.6 is 24.0 Å². The molecule has 0 aromatic heterocycles. The van der Waals surface area contributed by atoms with Gasteiger partial charge in [-0.15, -0.1) is 24.0 Å². The molecule has 1 aliphatic carbocycles. The SMILES string of the molecule is CCNC(=NCCNC(=O)C(C)C)N1CCS(=O)(=O)C2(CCCCC2)C1.I. The fourth-order valence-electron chi connectivity index (χ4n) is 3.79. The molecule has 0 unspecified atom stereocenters. The highest BCUT2D eigenvalue weighted by molar-refractivity contribution is 14.0. The Morgan fingerprint density at radius 2 is 1.85 bits per heavy atom. The van der Waals surface area contributed by atoms with Gasteiger partial charge in [0.1, 0.15) is 0 Å². The standard InChI is InChI=1S/C18H34N4O3S.HI/c1-4-19-17(21-11-10-20-16(23)15(2)3)22-12-13-26(24,25)18(14-22)8-6-5-7-9-18;/h15H,4-14H2,1-3H3,(H,19,21)(H,20,23);1H. The average molecular weight is 514 g/mol. The number of hydrogen-bond acceptors (Lipinski definition) is 4. The Kier molecular flexibility index (Phi) is 9.81. The molecule has 7 nitrogen and oxygen atoms in total. The van der Waals surface area contributed by atoms with Crippen LogP contribution in [0.25, 0.3) is 0 Å². The molecule has 2 N–H and O–H groups in total. The van der Waals surface area contributed by atoms with Crippen LogP contribution < -0.4 is 10.6 Å². The Morgan fingerprint density at radius 1 is 1.19 bits per heavy atom. The van der Waals surface area contributed by atoms with Gasteiger partial charge in [0.25, 0.3) is 0 Å². The average Bonchev–Trinajstić information content (AvgIpc) is 2.61. The predicted octanol–water partition coefficient (Wildman–Crippen LogP) is 1.78. The Labute approximate surface area is 181 Å². The molecule has 1 amide bonds. The lowest BCUT2D eigenvalue weighted by Crippen LogP contribution is -2.60. The number of aliphatic imine (C=N–C) groups is 1. The number of carbonyl (C=O) groups excluding carboxylic acids is 1. The molecule has 158 valence electrons. The maximum absolute atomic E-state index is 12.7. The van der Waals surface area contributed by atoms with Gasteiger partial charge in [-0.25, -0.2) is 8.42 Å². The van der Waals surface area contributed by atoms with Crippen LogP contribution in [0.4, 0.5) is 0 Å². The molecule has 1 saturated carbocycles. The van der Waals surface area contributed by atoms with Crippen LogP contribution in [0.5, 0.6) is 0 Å². The molecule has 2 rings (SSSR count). The Bertz CT molecular complexity index is 616. The van der Waals surface area contributed by atoms with Crippen LogP contribution in [0.1, 0.15) is 52.9 Å². The summed E-state index contributed by atoms with van der Waals surface area (Å²) in [7, 11) is -3.05. The lowest BCUT2D eigenvalue weighted by atomic mass is 9.87. The smallest absolute Gasteiger partial charge is 0.222 e. The molecule has 1 spiro atoms. The summed E-state index contributed by atoms with van der Waals surface area (Å²) in [5, 5.41) is 6.15. The van der Waals surface area contributed by atoms with E-state index in [0.29, 0.717) is 26.2 Å². The van der Waals surface area contributed by atoms with Crippen molar-refractivity contribution in [2.75, 3.05) is 38.5 Å². The lowest BCUT2D eigenvalue weighted by molar-refractivity contribution is -0.123. The molecule has 0 aromatic rings. The molecule has 2 aliphatic rings. The summed E-state index contributed by atoms with van der Waals surface area (Å²) in [6, 6.07) is 0. The highest BCUT2D eigenvalue weighted by Gasteiger charge is 2.48. The number of halogens is 1. The van der Waals surface area contributed by atoms with Crippen molar-refractivity contribution in [3.63, 3.8) is 0 Å². The second kappa shape index (κ2) is 10.8. The second-order valence-electron chi connectivity index (χ2n) is 7.67. The molecule has 27 heavy (non-hydrogen) atoms. The van der Waals surface area contributed by atoms with Crippen LogP contribution in [0.3, 0.4) is 0 Å². The Morgan fingerprint density at radius 3 is 2.44 bits per heavy atom. The molecule has 0 bridgehead atoms. The third-order valence-electron chi connectivity index (χ3n) is 5.36. The van der Waals surface area contributed by atoms with Gasteiger partial charge in [0.2, 0.25) is 5.91 Å². The number of nitrogens with one attached hydrogen (secondary N) is 2. The summed E-state index contributed by atoms with van der Waals surface area (Å²) in [4.78, 5) is 18.3. The molecule has 9 heteroatoms. The number of nitrogens with zero attached hydrogens (tertiary/aromatic N) is 2. The number of hydrogen-bond donors (Lipinski definition) is 2. The predicted molar refractivity (Wildman–Crippen MR) is 120 cm³/mol. The van der Waals surface area contributed by atoms with Crippen molar-refractivity contribution in [2.45, 2.75) is 57.6 Å². The quantitative estimate of drug-likeness (QED) is 0.253. The van der Waals surface area contributed by atoms with Gasteiger partial charge in [-0.05, 0) is 19.8 Å². The van der Waals surface area contributed by atoms with E-state index in [9.17, 15) is 13.2 Å². The summed E-state index contributed by atoms with van der Waals surface area (Å²) in [6.45, 7) is 8.44. The molecule has 0 radical (unpaired) electrons. The maximum Gasteiger partial charge on any atom is 0.222 e. The maximum atomic E-state index is 12.7. The van der Waals surface area contributed by atoms with Crippen LogP contribution in [0.2, 0.25) is 0 Å². The topological polar surface area (TPSA) is 90.9 Å². The van der Waals surface area contributed by atoms with Crippen LogP contribution in [0, 0.1) is 5.92 Å². The fourth-order valence-corrected chi connectivity index (χ4v) is 5.95. The van der Waals surface area contributed by atoms with Crippen molar-refractivity contribution in [2.24, 2.45) is 10.9 Å². The van der Waals surface area contributed by atoms with E-state index in [1.165, 1.54) is 0 Å². The summed E-state index contributed by atoms with van der Waals surface area (Å²) in [5.41, 5.74) is 0. The number of rotatable bonds is 5. The molecule has 1 aliphatic heterocycles. The van der Waals surface area contributed by atoms with Crippen LogP contribution in [0.15, 0.2) is 4.99 Å². The first-order valence-electron chi connectivity index (χ1n) is 9.84. The molecule has 1 saturated heterocycles. The van der Waals surface area contributed by atoms with Gasteiger partial charge in [-0.3, -0.25) is 9.79 Å². The molecule has 2 fully saturated rings. The van der Waals surface area contributed by atoms with Gasteiger partial charge in [0, 0.05) is 32.1 Å². The molecule has 0 atom stereocenters. The monoisotopic (exact) mass is 514 g/mol. The largest absolute Gasteiger partial charge is 0.357 e. The Balaban J connectivity index is 0.00000364. The van der Waals surface area contributed by atoms with Crippen molar-refractivity contribution in [1.82, 2.24) is 15.5 Å².